The summed E-state index contributed by atoms with van der Waals surface area (Å²) in [5.74, 6) is 0.785. The van der Waals surface area contributed by atoms with Crippen molar-refractivity contribution < 1.29 is 9.59 Å². The predicted molar refractivity (Wildman–Crippen MR) is 101 cm³/mol. The topological polar surface area (TPSA) is 73.5 Å². The van der Waals surface area contributed by atoms with E-state index in [0.717, 1.165) is 32.5 Å². The second kappa shape index (κ2) is 9.42. The van der Waals surface area contributed by atoms with Crippen LogP contribution in [0, 0.1) is 5.92 Å². The number of urea groups is 1. The Bertz CT molecular complexity index is 563. The van der Waals surface area contributed by atoms with Crippen molar-refractivity contribution in [3.8, 4) is 0 Å². The number of benzene rings is 1. The van der Waals surface area contributed by atoms with Gasteiger partial charge in [0.15, 0.2) is 0 Å². The highest BCUT2D eigenvalue weighted by atomic mass is 16.2. The van der Waals surface area contributed by atoms with Gasteiger partial charge in [0.05, 0.1) is 0 Å². The molecule has 6 nitrogen and oxygen atoms in total. The summed E-state index contributed by atoms with van der Waals surface area (Å²) in [6, 6.07) is 6.94. The minimum Gasteiger partial charge on any atom is -0.339 e. The molecule has 1 fully saturated rings. The monoisotopic (exact) mass is 346 g/mol. The van der Waals surface area contributed by atoms with Crippen LogP contribution in [-0.2, 0) is 0 Å². The minimum absolute atomic E-state index is 0.0743. The molecule has 0 aromatic heterocycles. The van der Waals surface area contributed by atoms with Crippen LogP contribution in [-0.4, -0.2) is 49.6 Å². The zero-order chi connectivity index (χ0) is 18.2. The number of amides is 3. The lowest BCUT2D eigenvalue weighted by Gasteiger charge is -2.32. The van der Waals surface area contributed by atoms with Crippen LogP contribution in [0.15, 0.2) is 24.3 Å². The molecular weight excluding hydrogens is 316 g/mol. The fraction of sp³-hybridized carbons (Fsp3) is 0.579. The Balaban J connectivity index is 1.85. The summed E-state index contributed by atoms with van der Waals surface area (Å²) >= 11 is 0. The van der Waals surface area contributed by atoms with Gasteiger partial charge in [-0.05, 0) is 76.9 Å². The Morgan fingerprint density at radius 2 is 1.80 bits per heavy atom. The van der Waals surface area contributed by atoms with Gasteiger partial charge >= 0.3 is 6.03 Å². The second-order valence-electron chi connectivity index (χ2n) is 6.96. The number of anilines is 1. The van der Waals surface area contributed by atoms with Crippen molar-refractivity contribution in [2.45, 2.75) is 39.2 Å². The summed E-state index contributed by atoms with van der Waals surface area (Å²) in [5.41, 5.74) is 1.35. The Morgan fingerprint density at radius 3 is 2.36 bits per heavy atom. The van der Waals surface area contributed by atoms with Crippen molar-refractivity contribution in [2.75, 3.05) is 32.0 Å². The molecule has 1 heterocycles. The molecule has 1 aliphatic heterocycles. The lowest BCUT2D eigenvalue weighted by Crippen LogP contribution is -2.39. The molecule has 138 valence electrons. The maximum Gasteiger partial charge on any atom is 0.319 e. The number of likely N-dealkylation sites (tertiary alicyclic amines) is 1. The lowest BCUT2D eigenvalue weighted by atomic mass is 9.93. The second-order valence-corrected chi connectivity index (χ2v) is 6.96. The standard InChI is InChI=1S/C19H30N4O2/c1-14(2)21-19(25)22-17-6-4-16(5-7-17)18(24)23-12-9-15(10-13-23)8-11-20-3/h4-7,14-15,20H,8-13H2,1-3H3,(H2,21,22,25). The van der Waals surface area contributed by atoms with Gasteiger partial charge in [-0.25, -0.2) is 4.79 Å². The summed E-state index contributed by atoms with van der Waals surface area (Å²) in [4.78, 5) is 26.2. The average Bonchev–Trinajstić information content (AvgIpc) is 2.59. The van der Waals surface area contributed by atoms with E-state index >= 15 is 0 Å². The first kappa shape index (κ1) is 19.2. The fourth-order valence-corrected chi connectivity index (χ4v) is 3.08. The van der Waals surface area contributed by atoms with E-state index in [9.17, 15) is 9.59 Å². The highest BCUT2D eigenvalue weighted by Crippen LogP contribution is 2.22. The average molecular weight is 346 g/mol. The Kier molecular flexibility index (Phi) is 7.25. The molecule has 3 amide bonds. The van der Waals surface area contributed by atoms with Crippen molar-refractivity contribution in [3.63, 3.8) is 0 Å². The van der Waals surface area contributed by atoms with Crippen LogP contribution in [0.1, 0.15) is 43.5 Å². The highest BCUT2D eigenvalue weighted by Gasteiger charge is 2.23. The van der Waals surface area contributed by atoms with Crippen LogP contribution in [0.25, 0.3) is 0 Å². The number of rotatable bonds is 6. The van der Waals surface area contributed by atoms with E-state index in [0.29, 0.717) is 17.2 Å². The van der Waals surface area contributed by atoms with E-state index in [4.69, 9.17) is 0 Å². The molecule has 0 atom stereocenters. The molecule has 0 unspecified atom stereocenters. The minimum atomic E-state index is -0.238. The number of piperidine rings is 1. The van der Waals surface area contributed by atoms with E-state index in [1.54, 1.807) is 24.3 Å². The summed E-state index contributed by atoms with van der Waals surface area (Å²) in [5, 5.41) is 8.72. The molecule has 0 saturated carbocycles. The van der Waals surface area contributed by atoms with Crippen molar-refractivity contribution in [2.24, 2.45) is 5.92 Å². The highest BCUT2D eigenvalue weighted by molar-refractivity contribution is 5.95. The molecule has 1 aliphatic rings. The van der Waals surface area contributed by atoms with Gasteiger partial charge < -0.3 is 20.9 Å². The van der Waals surface area contributed by atoms with Gasteiger partial charge in [-0.3, -0.25) is 4.79 Å². The number of nitrogens with zero attached hydrogens (tertiary/aromatic N) is 1. The van der Waals surface area contributed by atoms with Crippen LogP contribution in [0.4, 0.5) is 10.5 Å². The Labute approximate surface area is 150 Å². The largest absolute Gasteiger partial charge is 0.339 e. The number of carbonyl (C=O) groups is 2. The summed E-state index contributed by atoms with van der Waals surface area (Å²) < 4.78 is 0. The normalized spacial score (nSPS) is 15.3. The van der Waals surface area contributed by atoms with Crippen LogP contribution in [0.3, 0.4) is 0 Å². The Hall–Kier alpha value is -2.08. The summed E-state index contributed by atoms with van der Waals surface area (Å²) in [6.45, 7) is 6.50. The van der Waals surface area contributed by atoms with E-state index in [-0.39, 0.29) is 18.0 Å². The van der Waals surface area contributed by atoms with Crippen LogP contribution >= 0.6 is 0 Å². The number of hydrogen-bond donors (Lipinski definition) is 3. The molecular formula is C19H30N4O2. The quantitative estimate of drug-likeness (QED) is 0.741. The smallest absolute Gasteiger partial charge is 0.319 e. The number of nitrogens with one attached hydrogen (secondary N) is 3. The van der Waals surface area contributed by atoms with Crippen molar-refractivity contribution >= 4 is 17.6 Å². The molecule has 2 rings (SSSR count). The molecule has 0 aliphatic carbocycles. The summed E-state index contributed by atoms with van der Waals surface area (Å²) in [7, 11) is 1.98. The first-order valence-corrected chi connectivity index (χ1v) is 9.11. The summed E-state index contributed by atoms with van der Waals surface area (Å²) in [6.07, 6.45) is 3.32. The lowest BCUT2D eigenvalue weighted by molar-refractivity contribution is 0.0687. The molecule has 1 aromatic carbocycles. The fourth-order valence-electron chi connectivity index (χ4n) is 3.08. The third kappa shape index (κ3) is 6.05. The molecule has 1 saturated heterocycles. The van der Waals surface area contributed by atoms with Crippen LogP contribution < -0.4 is 16.0 Å². The van der Waals surface area contributed by atoms with Gasteiger partial charge in [-0.2, -0.15) is 0 Å². The van der Waals surface area contributed by atoms with Gasteiger partial charge in [-0.15, -0.1) is 0 Å². The molecule has 25 heavy (non-hydrogen) atoms. The van der Waals surface area contributed by atoms with Gasteiger partial charge in [-0.1, -0.05) is 0 Å². The number of hydrogen-bond acceptors (Lipinski definition) is 3. The maximum absolute atomic E-state index is 12.6. The van der Waals surface area contributed by atoms with Gasteiger partial charge in [0.1, 0.15) is 0 Å². The van der Waals surface area contributed by atoms with Gasteiger partial charge in [0.25, 0.3) is 5.91 Å². The van der Waals surface area contributed by atoms with Crippen molar-refractivity contribution in [1.29, 1.82) is 0 Å². The van der Waals surface area contributed by atoms with Gasteiger partial charge in [0, 0.05) is 30.4 Å². The van der Waals surface area contributed by atoms with E-state index in [1.807, 2.05) is 25.8 Å². The van der Waals surface area contributed by atoms with E-state index in [1.165, 1.54) is 6.42 Å². The first-order chi connectivity index (χ1) is 12.0. The van der Waals surface area contributed by atoms with Crippen LogP contribution in [0.5, 0.6) is 0 Å². The maximum atomic E-state index is 12.6. The van der Waals surface area contributed by atoms with Crippen molar-refractivity contribution in [1.82, 2.24) is 15.5 Å². The molecule has 3 N–H and O–H groups in total. The molecule has 6 heteroatoms. The van der Waals surface area contributed by atoms with Crippen LogP contribution in [0.2, 0.25) is 0 Å². The van der Waals surface area contributed by atoms with E-state index < -0.39 is 0 Å². The predicted octanol–water partition coefficient (Wildman–Crippen LogP) is 2.68. The van der Waals surface area contributed by atoms with E-state index in [2.05, 4.69) is 16.0 Å². The zero-order valence-electron chi connectivity index (χ0n) is 15.5. The third-order valence-electron chi connectivity index (χ3n) is 4.51. The molecule has 0 radical (unpaired) electrons. The number of carbonyl (C=O) groups excluding carboxylic acids is 2. The third-order valence-corrected chi connectivity index (χ3v) is 4.51. The molecule has 0 spiro atoms. The Morgan fingerprint density at radius 1 is 1.16 bits per heavy atom. The molecule has 1 aromatic rings. The molecule has 0 bridgehead atoms. The zero-order valence-corrected chi connectivity index (χ0v) is 15.5. The SMILES string of the molecule is CNCCC1CCN(C(=O)c2ccc(NC(=O)NC(C)C)cc2)CC1. The first-order valence-electron chi connectivity index (χ1n) is 9.11. The van der Waals surface area contributed by atoms with Crippen molar-refractivity contribution in [3.05, 3.63) is 29.8 Å². The van der Waals surface area contributed by atoms with Gasteiger partial charge in [0.2, 0.25) is 0 Å².